The molecular formula is C17H16ClN2O2P. The van der Waals surface area contributed by atoms with E-state index in [4.69, 9.17) is 21.9 Å². The summed E-state index contributed by atoms with van der Waals surface area (Å²) in [5, 5.41) is 3.29. The smallest absolute Gasteiger partial charge is 0.265 e. The number of hydrogen-bond donors (Lipinski definition) is 2. The molecule has 0 fully saturated rings. The number of H-pyrrole nitrogens is 1. The summed E-state index contributed by atoms with van der Waals surface area (Å²) in [5.41, 5.74) is 6.78. The van der Waals surface area contributed by atoms with Gasteiger partial charge in [-0.05, 0) is 25.1 Å². The SMILES string of the molecule is CCOP(c1ccccc1)c1c(C(N)=O)[nH]c2ccc(Cl)cc12. The molecule has 1 aromatic heterocycles. The standard InChI is InChI=1S/C17H16ClN2O2P/c1-2-22-23(12-6-4-3-5-7-12)16-13-10-11(18)8-9-14(13)20-15(16)17(19)21/h3-10,20H,2H2,1H3,(H2,19,21). The van der Waals surface area contributed by atoms with E-state index in [0.29, 0.717) is 17.3 Å². The maximum atomic E-state index is 11.9. The van der Waals surface area contributed by atoms with Crippen molar-refractivity contribution in [3.63, 3.8) is 0 Å². The Morgan fingerprint density at radius 1 is 1.26 bits per heavy atom. The second-order valence-corrected chi connectivity index (χ2v) is 7.20. The van der Waals surface area contributed by atoms with Crippen LogP contribution in [0.5, 0.6) is 0 Å². The highest BCUT2D eigenvalue weighted by Gasteiger charge is 2.25. The molecule has 6 heteroatoms. The van der Waals surface area contributed by atoms with E-state index in [0.717, 1.165) is 21.5 Å². The summed E-state index contributed by atoms with van der Waals surface area (Å²) in [6, 6.07) is 15.3. The van der Waals surface area contributed by atoms with Crippen LogP contribution in [0.1, 0.15) is 17.4 Å². The fourth-order valence-corrected chi connectivity index (χ4v) is 4.68. The molecule has 0 saturated carbocycles. The molecule has 3 rings (SSSR count). The highest BCUT2D eigenvalue weighted by atomic mass is 35.5. The van der Waals surface area contributed by atoms with Gasteiger partial charge in [0.25, 0.3) is 5.91 Å². The third kappa shape index (κ3) is 3.11. The van der Waals surface area contributed by atoms with Crippen LogP contribution in [0.2, 0.25) is 5.02 Å². The van der Waals surface area contributed by atoms with Gasteiger partial charge in [-0.3, -0.25) is 4.79 Å². The zero-order chi connectivity index (χ0) is 16.4. The number of carbonyl (C=O) groups excluding carboxylic acids is 1. The van der Waals surface area contributed by atoms with Crippen LogP contribution < -0.4 is 16.3 Å². The molecule has 0 aliphatic rings. The highest BCUT2D eigenvalue weighted by Crippen LogP contribution is 2.39. The van der Waals surface area contributed by atoms with Crippen molar-refractivity contribution in [2.45, 2.75) is 6.92 Å². The highest BCUT2D eigenvalue weighted by molar-refractivity contribution is 7.69. The van der Waals surface area contributed by atoms with Gasteiger partial charge in [0.1, 0.15) is 5.69 Å². The number of halogens is 1. The Balaban J connectivity index is 2.28. The first-order chi connectivity index (χ1) is 11.1. The summed E-state index contributed by atoms with van der Waals surface area (Å²) in [4.78, 5) is 15.0. The average Bonchev–Trinajstić information content (AvgIpc) is 2.92. The van der Waals surface area contributed by atoms with Gasteiger partial charge in [-0.25, -0.2) is 0 Å². The lowest BCUT2D eigenvalue weighted by Gasteiger charge is -2.18. The first-order valence-electron chi connectivity index (χ1n) is 7.21. The predicted octanol–water partition coefficient (Wildman–Crippen LogP) is 3.30. The summed E-state index contributed by atoms with van der Waals surface area (Å²) in [7, 11) is -1.17. The first kappa shape index (κ1) is 16.0. The van der Waals surface area contributed by atoms with Crippen LogP contribution in [0.25, 0.3) is 10.9 Å². The second kappa shape index (κ2) is 6.71. The number of carbonyl (C=O) groups is 1. The number of primary amides is 1. The van der Waals surface area contributed by atoms with Crippen LogP contribution in [0, 0.1) is 0 Å². The fraction of sp³-hybridized carbons (Fsp3) is 0.118. The number of nitrogens with one attached hydrogen (secondary N) is 1. The largest absolute Gasteiger partial charge is 0.364 e. The number of hydrogen-bond acceptors (Lipinski definition) is 2. The molecule has 3 aromatic rings. The minimum atomic E-state index is -1.17. The van der Waals surface area contributed by atoms with Crippen molar-refractivity contribution in [1.29, 1.82) is 0 Å². The molecule has 0 aliphatic heterocycles. The van der Waals surface area contributed by atoms with Gasteiger partial charge < -0.3 is 15.2 Å². The summed E-state index contributed by atoms with van der Waals surface area (Å²) in [5.74, 6) is -0.504. The van der Waals surface area contributed by atoms with E-state index in [9.17, 15) is 4.79 Å². The third-order valence-corrected chi connectivity index (χ3v) is 5.82. The Morgan fingerprint density at radius 2 is 2.00 bits per heavy atom. The van der Waals surface area contributed by atoms with Gasteiger partial charge in [0, 0.05) is 33.1 Å². The topological polar surface area (TPSA) is 68.1 Å². The lowest BCUT2D eigenvalue weighted by atomic mass is 10.2. The molecule has 0 spiro atoms. The molecule has 1 heterocycles. The maximum absolute atomic E-state index is 11.9. The number of rotatable bonds is 5. The molecule has 0 aliphatic carbocycles. The molecule has 2 aromatic carbocycles. The number of fused-ring (bicyclic) bond motifs is 1. The molecule has 1 amide bonds. The Morgan fingerprint density at radius 3 is 2.65 bits per heavy atom. The molecule has 118 valence electrons. The van der Waals surface area contributed by atoms with E-state index in [1.807, 2.05) is 49.4 Å². The number of aromatic nitrogens is 1. The zero-order valence-electron chi connectivity index (χ0n) is 12.5. The number of benzene rings is 2. The number of nitrogens with two attached hydrogens (primary N) is 1. The Labute approximate surface area is 140 Å². The lowest BCUT2D eigenvalue weighted by molar-refractivity contribution is 0.0997. The molecule has 1 unspecified atom stereocenters. The average molecular weight is 347 g/mol. The van der Waals surface area contributed by atoms with E-state index in [1.165, 1.54) is 0 Å². The fourth-order valence-electron chi connectivity index (χ4n) is 2.50. The molecule has 0 radical (unpaired) electrons. The van der Waals surface area contributed by atoms with Crippen molar-refractivity contribution in [2.24, 2.45) is 5.73 Å². The first-order valence-corrected chi connectivity index (χ1v) is 8.84. The van der Waals surface area contributed by atoms with Crippen LogP contribution in [0.3, 0.4) is 0 Å². The molecule has 3 N–H and O–H groups in total. The monoisotopic (exact) mass is 346 g/mol. The molecule has 1 atom stereocenters. The normalized spacial score (nSPS) is 12.4. The van der Waals surface area contributed by atoms with E-state index in [2.05, 4.69) is 4.98 Å². The van der Waals surface area contributed by atoms with Gasteiger partial charge in [-0.15, -0.1) is 0 Å². The quantitative estimate of drug-likeness (QED) is 0.696. The summed E-state index contributed by atoms with van der Waals surface area (Å²) < 4.78 is 6.01. The van der Waals surface area contributed by atoms with Crippen LogP contribution in [-0.4, -0.2) is 17.5 Å². The van der Waals surface area contributed by atoms with Gasteiger partial charge in [-0.1, -0.05) is 41.9 Å². The molecule has 0 bridgehead atoms. The number of aromatic amines is 1. The van der Waals surface area contributed by atoms with Crippen molar-refractivity contribution in [3.8, 4) is 0 Å². The van der Waals surface area contributed by atoms with Crippen molar-refractivity contribution < 1.29 is 9.32 Å². The van der Waals surface area contributed by atoms with Gasteiger partial charge >= 0.3 is 0 Å². The Bertz CT molecular complexity index is 848. The van der Waals surface area contributed by atoms with Gasteiger partial charge in [0.15, 0.2) is 0 Å². The van der Waals surface area contributed by atoms with Crippen molar-refractivity contribution in [1.82, 2.24) is 4.98 Å². The number of amides is 1. The van der Waals surface area contributed by atoms with Gasteiger partial charge in [0.2, 0.25) is 0 Å². The van der Waals surface area contributed by atoms with E-state index in [-0.39, 0.29) is 0 Å². The van der Waals surface area contributed by atoms with Crippen molar-refractivity contribution in [2.75, 3.05) is 6.61 Å². The van der Waals surface area contributed by atoms with Crippen LogP contribution >= 0.6 is 19.7 Å². The second-order valence-electron chi connectivity index (χ2n) is 4.95. The zero-order valence-corrected chi connectivity index (χ0v) is 14.2. The molecule has 4 nitrogen and oxygen atoms in total. The summed E-state index contributed by atoms with van der Waals surface area (Å²) in [6.07, 6.45) is 0. The van der Waals surface area contributed by atoms with E-state index in [1.54, 1.807) is 6.07 Å². The van der Waals surface area contributed by atoms with Crippen LogP contribution in [-0.2, 0) is 4.52 Å². The van der Waals surface area contributed by atoms with E-state index < -0.39 is 14.1 Å². The predicted molar refractivity (Wildman–Crippen MR) is 96.1 cm³/mol. The van der Waals surface area contributed by atoms with Crippen LogP contribution in [0.4, 0.5) is 0 Å². The third-order valence-electron chi connectivity index (χ3n) is 3.43. The molecular weight excluding hydrogens is 331 g/mol. The molecule has 23 heavy (non-hydrogen) atoms. The minimum Gasteiger partial charge on any atom is -0.364 e. The Hall–Kier alpha value is -1.87. The summed E-state index contributed by atoms with van der Waals surface area (Å²) in [6.45, 7) is 2.47. The Kier molecular flexibility index (Phi) is 4.67. The van der Waals surface area contributed by atoms with Crippen LogP contribution in [0.15, 0.2) is 48.5 Å². The van der Waals surface area contributed by atoms with Crippen molar-refractivity contribution in [3.05, 3.63) is 59.2 Å². The van der Waals surface area contributed by atoms with Gasteiger partial charge in [-0.2, -0.15) is 0 Å². The maximum Gasteiger partial charge on any atom is 0.265 e. The summed E-state index contributed by atoms with van der Waals surface area (Å²) >= 11 is 6.14. The lowest BCUT2D eigenvalue weighted by Crippen LogP contribution is -2.23. The van der Waals surface area contributed by atoms with E-state index >= 15 is 0 Å². The molecule has 0 saturated heterocycles. The van der Waals surface area contributed by atoms with Gasteiger partial charge in [0.05, 0.1) is 8.15 Å². The van der Waals surface area contributed by atoms with Crippen molar-refractivity contribution >= 4 is 47.2 Å². The minimum absolute atomic E-state index is 0.380.